The normalized spacial score (nSPS) is 12.4. The van der Waals surface area contributed by atoms with Crippen LogP contribution >= 0.6 is 27.3 Å². The first-order valence-electron chi connectivity index (χ1n) is 5.67. The maximum absolute atomic E-state index is 13.8. The van der Waals surface area contributed by atoms with Crippen LogP contribution in [0.4, 0.5) is 4.39 Å². The molecule has 0 bridgehead atoms. The third kappa shape index (κ3) is 3.33. The molecule has 0 aliphatic rings. The second kappa shape index (κ2) is 6.47. The number of hydrogen-bond acceptors (Lipinski definition) is 4. The van der Waals surface area contributed by atoms with E-state index in [0.717, 1.165) is 15.1 Å². The Kier molecular flexibility index (Phi) is 4.93. The molecule has 0 saturated heterocycles. The summed E-state index contributed by atoms with van der Waals surface area (Å²) in [6.07, 6.45) is 0.465. The monoisotopic (exact) mass is 344 g/mol. The van der Waals surface area contributed by atoms with Crippen molar-refractivity contribution in [3.63, 3.8) is 0 Å². The van der Waals surface area contributed by atoms with Gasteiger partial charge in [-0.25, -0.2) is 4.39 Å². The first kappa shape index (κ1) is 14.5. The van der Waals surface area contributed by atoms with Crippen LogP contribution in [0.15, 0.2) is 34.1 Å². The molecule has 6 heteroatoms. The number of ether oxygens (including phenoxy) is 1. The Morgan fingerprint density at radius 3 is 2.89 bits per heavy atom. The maximum atomic E-state index is 13.8. The molecule has 102 valence electrons. The van der Waals surface area contributed by atoms with E-state index in [-0.39, 0.29) is 11.9 Å². The van der Waals surface area contributed by atoms with Crippen molar-refractivity contribution in [2.75, 3.05) is 7.11 Å². The minimum absolute atomic E-state index is 0.175. The van der Waals surface area contributed by atoms with Gasteiger partial charge in [-0.1, -0.05) is 22.0 Å². The van der Waals surface area contributed by atoms with Crippen LogP contribution in [0.25, 0.3) is 0 Å². The number of nitrogens with two attached hydrogens (primary N) is 1. The van der Waals surface area contributed by atoms with Crippen molar-refractivity contribution >= 4 is 27.3 Å². The lowest BCUT2D eigenvalue weighted by atomic mass is 10.0. The van der Waals surface area contributed by atoms with E-state index in [9.17, 15) is 4.39 Å². The summed E-state index contributed by atoms with van der Waals surface area (Å²) in [6.45, 7) is 0. The van der Waals surface area contributed by atoms with E-state index in [4.69, 9.17) is 10.6 Å². The molecule has 0 fully saturated rings. The number of rotatable bonds is 5. The summed E-state index contributed by atoms with van der Waals surface area (Å²) in [5.74, 6) is 6.11. The van der Waals surface area contributed by atoms with Crippen LogP contribution in [0.3, 0.4) is 0 Å². The standard InChI is InChI=1S/C13H14BrFN2OS/c1-18-12-4-5-19-13(12)11(17-16)6-8-2-3-9(14)7-10(8)15/h2-5,7,11,17H,6,16H2,1H3. The highest BCUT2D eigenvalue weighted by Gasteiger charge is 2.18. The van der Waals surface area contributed by atoms with Gasteiger partial charge in [0.1, 0.15) is 11.6 Å². The summed E-state index contributed by atoms with van der Waals surface area (Å²) in [6, 6.07) is 6.73. The van der Waals surface area contributed by atoms with Crippen molar-refractivity contribution < 1.29 is 9.13 Å². The summed E-state index contributed by atoms with van der Waals surface area (Å²) in [5.41, 5.74) is 3.33. The topological polar surface area (TPSA) is 47.3 Å². The van der Waals surface area contributed by atoms with Gasteiger partial charge in [-0.15, -0.1) is 11.3 Å². The Labute approximate surface area is 123 Å². The van der Waals surface area contributed by atoms with Gasteiger partial charge >= 0.3 is 0 Å². The molecule has 1 unspecified atom stereocenters. The van der Waals surface area contributed by atoms with Crippen molar-refractivity contribution in [1.29, 1.82) is 0 Å². The minimum atomic E-state index is -0.245. The quantitative estimate of drug-likeness (QED) is 0.645. The summed E-state index contributed by atoms with van der Waals surface area (Å²) >= 11 is 4.78. The molecule has 0 amide bonds. The summed E-state index contributed by atoms with van der Waals surface area (Å²) in [4.78, 5) is 0.965. The highest BCUT2D eigenvalue weighted by Crippen LogP contribution is 2.33. The minimum Gasteiger partial charge on any atom is -0.496 e. The Morgan fingerprint density at radius 1 is 1.47 bits per heavy atom. The Morgan fingerprint density at radius 2 is 2.26 bits per heavy atom. The number of hydrogen-bond donors (Lipinski definition) is 2. The van der Waals surface area contributed by atoms with Crippen LogP contribution in [0.5, 0.6) is 5.75 Å². The molecule has 0 aliphatic carbocycles. The third-order valence-electron chi connectivity index (χ3n) is 2.83. The van der Waals surface area contributed by atoms with E-state index in [2.05, 4.69) is 21.4 Å². The fourth-order valence-electron chi connectivity index (χ4n) is 1.87. The van der Waals surface area contributed by atoms with Crippen LogP contribution in [0.1, 0.15) is 16.5 Å². The molecule has 0 aliphatic heterocycles. The van der Waals surface area contributed by atoms with Gasteiger partial charge in [0.2, 0.25) is 0 Å². The first-order chi connectivity index (χ1) is 9.15. The van der Waals surface area contributed by atoms with Crippen molar-refractivity contribution in [3.05, 3.63) is 50.4 Å². The lowest BCUT2D eigenvalue weighted by Gasteiger charge is -2.16. The van der Waals surface area contributed by atoms with Crippen LogP contribution in [0.2, 0.25) is 0 Å². The fraction of sp³-hybridized carbons (Fsp3) is 0.231. The molecule has 1 heterocycles. The molecule has 2 rings (SSSR count). The van der Waals surface area contributed by atoms with Gasteiger partial charge in [-0.2, -0.15) is 0 Å². The van der Waals surface area contributed by atoms with Crippen molar-refractivity contribution in [3.8, 4) is 5.75 Å². The third-order valence-corrected chi connectivity index (χ3v) is 4.34. The number of hydrazine groups is 1. The van der Waals surface area contributed by atoms with Gasteiger partial charge in [0.25, 0.3) is 0 Å². The van der Waals surface area contributed by atoms with E-state index >= 15 is 0 Å². The molecule has 1 aromatic heterocycles. The Bertz CT molecular complexity index is 561. The van der Waals surface area contributed by atoms with E-state index in [1.54, 1.807) is 13.2 Å². The zero-order chi connectivity index (χ0) is 13.8. The SMILES string of the molecule is COc1ccsc1C(Cc1ccc(Br)cc1F)NN. The molecule has 0 radical (unpaired) electrons. The number of methoxy groups -OCH3 is 1. The second-order valence-electron chi connectivity index (χ2n) is 4.01. The van der Waals surface area contributed by atoms with Gasteiger partial charge < -0.3 is 4.74 Å². The Hall–Kier alpha value is -0.950. The zero-order valence-corrected chi connectivity index (χ0v) is 12.7. The number of nitrogens with one attached hydrogen (secondary N) is 1. The molecule has 0 spiro atoms. The number of benzene rings is 1. The smallest absolute Gasteiger partial charge is 0.134 e. The average Bonchev–Trinajstić information content (AvgIpc) is 2.86. The molecule has 2 aromatic rings. The van der Waals surface area contributed by atoms with E-state index < -0.39 is 0 Å². The van der Waals surface area contributed by atoms with Gasteiger partial charge in [-0.05, 0) is 35.6 Å². The summed E-state index contributed by atoms with van der Waals surface area (Å²) in [5, 5.41) is 1.93. The summed E-state index contributed by atoms with van der Waals surface area (Å²) in [7, 11) is 1.61. The van der Waals surface area contributed by atoms with Crippen LogP contribution < -0.4 is 16.0 Å². The van der Waals surface area contributed by atoms with Crippen molar-refractivity contribution in [1.82, 2.24) is 5.43 Å². The van der Waals surface area contributed by atoms with Crippen LogP contribution in [-0.4, -0.2) is 7.11 Å². The van der Waals surface area contributed by atoms with Crippen LogP contribution in [0, 0.1) is 5.82 Å². The molecule has 0 saturated carbocycles. The largest absolute Gasteiger partial charge is 0.496 e. The van der Waals surface area contributed by atoms with E-state index in [1.807, 2.05) is 17.5 Å². The molecular formula is C13H14BrFN2OS. The number of halogens is 2. The zero-order valence-electron chi connectivity index (χ0n) is 10.3. The van der Waals surface area contributed by atoms with Gasteiger partial charge in [0.15, 0.2) is 0 Å². The molecule has 3 nitrogen and oxygen atoms in total. The molecular weight excluding hydrogens is 331 g/mol. The van der Waals surface area contributed by atoms with Crippen molar-refractivity contribution in [2.24, 2.45) is 5.84 Å². The van der Waals surface area contributed by atoms with E-state index in [1.165, 1.54) is 17.4 Å². The van der Waals surface area contributed by atoms with E-state index in [0.29, 0.717) is 12.0 Å². The molecule has 1 aromatic carbocycles. The maximum Gasteiger partial charge on any atom is 0.134 e. The predicted octanol–water partition coefficient (Wildman–Crippen LogP) is 3.41. The van der Waals surface area contributed by atoms with Gasteiger partial charge in [0.05, 0.1) is 18.0 Å². The highest BCUT2D eigenvalue weighted by atomic mass is 79.9. The molecule has 3 N–H and O–H groups in total. The molecule has 19 heavy (non-hydrogen) atoms. The summed E-state index contributed by atoms with van der Waals surface area (Å²) < 4.78 is 19.8. The Balaban J connectivity index is 2.24. The first-order valence-corrected chi connectivity index (χ1v) is 7.34. The highest BCUT2D eigenvalue weighted by molar-refractivity contribution is 9.10. The van der Waals surface area contributed by atoms with Crippen LogP contribution in [-0.2, 0) is 6.42 Å². The fourth-order valence-corrected chi connectivity index (χ4v) is 3.12. The average molecular weight is 345 g/mol. The number of thiophene rings is 1. The van der Waals surface area contributed by atoms with Gasteiger partial charge in [0, 0.05) is 4.47 Å². The lowest BCUT2D eigenvalue weighted by molar-refractivity contribution is 0.402. The second-order valence-corrected chi connectivity index (χ2v) is 5.88. The van der Waals surface area contributed by atoms with Crippen molar-refractivity contribution in [2.45, 2.75) is 12.5 Å². The predicted molar refractivity (Wildman–Crippen MR) is 78.7 cm³/mol. The van der Waals surface area contributed by atoms with Gasteiger partial charge in [-0.3, -0.25) is 11.3 Å². The lowest BCUT2D eigenvalue weighted by Crippen LogP contribution is -2.29. The molecule has 1 atom stereocenters.